The first kappa shape index (κ1) is 21.4. The summed E-state index contributed by atoms with van der Waals surface area (Å²) < 4.78 is 6.57. The molecule has 1 aromatic carbocycles. The number of carbonyl (C=O) groups excluding carboxylic acids is 1. The maximum Gasteiger partial charge on any atom is 0.226 e. The predicted molar refractivity (Wildman–Crippen MR) is 118 cm³/mol. The van der Waals surface area contributed by atoms with Gasteiger partial charge in [-0.2, -0.15) is 0 Å². The second-order valence-electron chi connectivity index (χ2n) is 6.75. The molecular formula is C18H26BrIN4O2. The van der Waals surface area contributed by atoms with E-state index in [1.807, 2.05) is 24.3 Å². The largest absolute Gasteiger partial charge is 0.381 e. The highest BCUT2D eigenvalue weighted by Crippen LogP contribution is 2.38. The minimum Gasteiger partial charge on any atom is -0.381 e. The molecule has 1 aromatic rings. The number of benzene rings is 1. The van der Waals surface area contributed by atoms with Crippen LogP contribution in [0.3, 0.4) is 0 Å². The van der Waals surface area contributed by atoms with Gasteiger partial charge in [-0.3, -0.25) is 9.79 Å². The predicted octanol–water partition coefficient (Wildman–Crippen LogP) is 3.08. The van der Waals surface area contributed by atoms with Crippen LogP contribution >= 0.6 is 39.9 Å². The topological polar surface area (TPSA) is 66.0 Å². The third-order valence-electron chi connectivity index (χ3n) is 4.90. The first-order valence-electron chi connectivity index (χ1n) is 8.69. The number of nitrogens with zero attached hydrogens (tertiary/aromatic N) is 2. The summed E-state index contributed by atoms with van der Waals surface area (Å²) in [7, 11) is 1.79. The molecule has 0 bridgehead atoms. The minimum atomic E-state index is -0.00707. The monoisotopic (exact) mass is 536 g/mol. The second-order valence-corrected chi connectivity index (χ2v) is 7.67. The van der Waals surface area contributed by atoms with E-state index < -0.39 is 0 Å². The maximum absolute atomic E-state index is 12.1. The number of aliphatic imine (C=N–C) groups is 1. The summed E-state index contributed by atoms with van der Waals surface area (Å²) in [6.07, 6.45) is 2.69. The lowest BCUT2D eigenvalue weighted by atomic mass is 9.87. The number of nitrogens with one attached hydrogen (secondary N) is 2. The normalized spacial score (nSPS) is 22.4. The Morgan fingerprint density at radius 1 is 1.35 bits per heavy atom. The van der Waals surface area contributed by atoms with Crippen molar-refractivity contribution in [1.29, 1.82) is 0 Å². The molecule has 2 heterocycles. The number of hydrogen-bond acceptors (Lipinski definition) is 3. The van der Waals surface area contributed by atoms with Crippen molar-refractivity contribution in [1.82, 2.24) is 10.2 Å². The molecule has 144 valence electrons. The molecule has 2 aliphatic rings. The standard InChI is InChI=1S/C18H25BrN4O2.HI/c1-20-17(23-10-7-18(12-23)8-11-25-13-18)21-9-6-16(24)22-15-4-2-14(19)3-5-15;/h2-5H,6-13H2,1H3,(H,20,21)(H,22,24);1H. The number of guanidine groups is 1. The zero-order valence-electron chi connectivity index (χ0n) is 15.0. The second kappa shape index (κ2) is 9.89. The number of anilines is 1. The van der Waals surface area contributed by atoms with Crippen LogP contribution in [0.5, 0.6) is 0 Å². The first-order valence-corrected chi connectivity index (χ1v) is 9.48. The molecule has 1 unspecified atom stereocenters. The van der Waals surface area contributed by atoms with Gasteiger partial charge in [0.2, 0.25) is 5.91 Å². The molecule has 2 saturated heterocycles. The molecule has 0 aromatic heterocycles. The number of hydrogen-bond donors (Lipinski definition) is 2. The summed E-state index contributed by atoms with van der Waals surface area (Å²) in [6, 6.07) is 7.57. The van der Waals surface area contributed by atoms with E-state index in [2.05, 4.69) is 36.5 Å². The molecule has 1 atom stereocenters. The van der Waals surface area contributed by atoms with E-state index in [1.54, 1.807) is 7.05 Å². The zero-order valence-corrected chi connectivity index (χ0v) is 18.9. The van der Waals surface area contributed by atoms with Gasteiger partial charge in [-0.15, -0.1) is 24.0 Å². The van der Waals surface area contributed by atoms with Crippen molar-refractivity contribution in [2.75, 3.05) is 45.2 Å². The van der Waals surface area contributed by atoms with E-state index in [-0.39, 0.29) is 29.9 Å². The summed E-state index contributed by atoms with van der Waals surface area (Å²) in [6.45, 7) is 4.27. The van der Waals surface area contributed by atoms with Gasteiger partial charge in [-0.1, -0.05) is 15.9 Å². The molecule has 3 rings (SSSR count). The molecule has 2 fully saturated rings. The van der Waals surface area contributed by atoms with Gasteiger partial charge in [0.05, 0.1) is 6.61 Å². The molecule has 1 amide bonds. The molecule has 1 spiro atoms. The number of rotatable bonds is 4. The van der Waals surface area contributed by atoms with Crippen LogP contribution in [0.2, 0.25) is 0 Å². The average Bonchev–Trinajstić information content (AvgIpc) is 3.24. The molecule has 0 aliphatic carbocycles. The molecule has 6 nitrogen and oxygen atoms in total. The zero-order chi connectivity index (χ0) is 17.7. The van der Waals surface area contributed by atoms with Crippen molar-refractivity contribution in [3.8, 4) is 0 Å². The lowest BCUT2D eigenvalue weighted by Gasteiger charge is -2.24. The smallest absolute Gasteiger partial charge is 0.226 e. The average molecular weight is 537 g/mol. The van der Waals surface area contributed by atoms with Crippen LogP contribution in [0, 0.1) is 5.41 Å². The van der Waals surface area contributed by atoms with Crippen LogP contribution < -0.4 is 10.6 Å². The fourth-order valence-corrected chi connectivity index (χ4v) is 3.73. The lowest BCUT2D eigenvalue weighted by molar-refractivity contribution is -0.116. The van der Waals surface area contributed by atoms with Gasteiger partial charge < -0.3 is 20.3 Å². The highest BCUT2D eigenvalue weighted by Gasteiger charge is 2.42. The van der Waals surface area contributed by atoms with Crippen molar-refractivity contribution < 1.29 is 9.53 Å². The van der Waals surface area contributed by atoms with Crippen LogP contribution in [-0.2, 0) is 9.53 Å². The van der Waals surface area contributed by atoms with Gasteiger partial charge in [0, 0.05) is 55.3 Å². The SMILES string of the molecule is CN=C(NCCC(=O)Nc1ccc(Br)cc1)N1CCC2(CCOC2)C1.I. The summed E-state index contributed by atoms with van der Waals surface area (Å²) in [5.74, 6) is 0.868. The third kappa shape index (κ3) is 5.56. The van der Waals surface area contributed by atoms with Crippen molar-refractivity contribution >= 4 is 57.5 Å². The summed E-state index contributed by atoms with van der Waals surface area (Å²) >= 11 is 3.38. The van der Waals surface area contributed by atoms with Gasteiger partial charge in [0.25, 0.3) is 0 Å². The minimum absolute atomic E-state index is 0. The van der Waals surface area contributed by atoms with Gasteiger partial charge in [0.1, 0.15) is 0 Å². The van der Waals surface area contributed by atoms with E-state index in [9.17, 15) is 4.79 Å². The molecule has 2 N–H and O–H groups in total. The number of likely N-dealkylation sites (tertiary alicyclic amines) is 1. The summed E-state index contributed by atoms with van der Waals surface area (Å²) in [5, 5.41) is 6.21. The Morgan fingerprint density at radius 2 is 2.12 bits per heavy atom. The third-order valence-corrected chi connectivity index (χ3v) is 5.43. The van der Waals surface area contributed by atoms with Gasteiger partial charge in [-0.25, -0.2) is 0 Å². The molecule has 8 heteroatoms. The molecule has 2 aliphatic heterocycles. The van der Waals surface area contributed by atoms with Crippen LogP contribution in [-0.4, -0.2) is 56.7 Å². The van der Waals surface area contributed by atoms with E-state index in [0.717, 1.165) is 55.3 Å². The molecule has 26 heavy (non-hydrogen) atoms. The Labute approximate surface area is 180 Å². The number of amides is 1. The van der Waals surface area contributed by atoms with Crippen molar-refractivity contribution in [3.05, 3.63) is 28.7 Å². The highest BCUT2D eigenvalue weighted by atomic mass is 127. The van der Waals surface area contributed by atoms with Crippen molar-refractivity contribution in [2.45, 2.75) is 19.3 Å². The van der Waals surface area contributed by atoms with Crippen LogP contribution in [0.25, 0.3) is 0 Å². The van der Waals surface area contributed by atoms with Crippen molar-refractivity contribution in [2.24, 2.45) is 10.4 Å². The molecule has 0 saturated carbocycles. The van der Waals surface area contributed by atoms with Crippen molar-refractivity contribution in [3.63, 3.8) is 0 Å². The highest BCUT2D eigenvalue weighted by molar-refractivity contribution is 14.0. The van der Waals surface area contributed by atoms with Crippen LogP contribution in [0.1, 0.15) is 19.3 Å². The Bertz CT molecular complexity index is 633. The van der Waals surface area contributed by atoms with Crippen LogP contribution in [0.4, 0.5) is 5.69 Å². The van der Waals surface area contributed by atoms with E-state index >= 15 is 0 Å². The fraction of sp³-hybridized carbons (Fsp3) is 0.556. The Balaban J connectivity index is 0.00000243. The maximum atomic E-state index is 12.1. The Hall–Kier alpha value is -0.870. The quantitative estimate of drug-likeness (QED) is 0.352. The van der Waals surface area contributed by atoms with Crippen LogP contribution in [0.15, 0.2) is 33.7 Å². The van der Waals surface area contributed by atoms with E-state index in [1.165, 1.54) is 0 Å². The van der Waals surface area contributed by atoms with E-state index in [4.69, 9.17) is 4.74 Å². The van der Waals surface area contributed by atoms with Gasteiger partial charge in [0.15, 0.2) is 5.96 Å². The summed E-state index contributed by atoms with van der Waals surface area (Å²) in [4.78, 5) is 18.7. The molecule has 0 radical (unpaired) electrons. The first-order chi connectivity index (χ1) is 12.1. The van der Waals surface area contributed by atoms with Gasteiger partial charge >= 0.3 is 0 Å². The van der Waals surface area contributed by atoms with E-state index in [0.29, 0.717) is 18.4 Å². The molecular weight excluding hydrogens is 511 g/mol. The lowest BCUT2D eigenvalue weighted by Crippen LogP contribution is -2.42. The Morgan fingerprint density at radius 3 is 2.77 bits per heavy atom. The Kier molecular flexibility index (Phi) is 8.15. The fourth-order valence-electron chi connectivity index (χ4n) is 3.46. The number of ether oxygens (including phenoxy) is 1. The van der Waals surface area contributed by atoms with Gasteiger partial charge in [-0.05, 0) is 37.1 Å². The number of halogens is 2. The summed E-state index contributed by atoms with van der Waals surface area (Å²) in [5.41, 5.74) is 1.11. The number of carbonyl (C=O) groups is 1.